The number of hydrogen-bond acceptors (Lipinski definition) is 3. The van der Waals surface area contributed by atoms with Gasteiger partial charge in [0.05, 0.1) is 15.4 Å². The first kappa shape index (κ1) is 14.3. The lowest BCUT2D eigenvalue weighted by atomic mass is 10.7. The van der Waals surface area contributed by atoms with Crippen LogP contribution < -0.4 is 0 Å². The van der Waals surface area contributed by atoms with E-state index in [0.717, 1.165) is 18.4 Å². The molecule has 0 radical (unpaired) electrons. The molecule has 92 valence electrons. The molecule has 0 aliphatic rings. The van der Waals surface area contributed by atoms with Crippen LogP contribution in [-0.2, 0) is 10.0 Å². The Labute approximate surface area is 109 Å². The number of halogens is 4. The minimum absolute atomic E-state index is 0.0625. The summed E-state index contributed by atoms with van der Waals surface area (Å²) in [6, 6.07) is 1.23. The van der Waals surface area contributed by atoms with E-state index in [1.54, 1.807) is 0 Å². The van der Waals surface area contributed by atoms with E-state index in [-0.39, 0.29) is 9.23 Å². The fourth-order valence-electron chi connectivity index (χ4n) is 0.900. The molecule has 0 bridgehead atoms. The van der Waals surface area contributed by atoms with Gasteiger partial charge >= 0.3 is 0 Å². The zero-order valence-corrected chi connectivity index (χ0v) is 11.9. The highest BCUT2D eigenvalue weighted by atomic mass is 79.9. The van der Waals surface area contributed by atoms with Crippen LogP contribution in [0.25, 0.3) is 0 Å². The molecule has 0 aliphatic heterocycles. The minimum Gasteiger partial charge on any atom is -0.209 e. The SMILES string of the molecule is CN(CC(F)F)S(=O)(=O)c1cc(Cl)c(Br)s1. The van der Waals surface area contributed by atoms with Crippen LogP contribution in [0.15, 0.2) is 14.1 Å². The lowest BCUT2D eigenvalue weighted by molar-refractivity contribution is 0.126. The molecule has 9 heteroatoms. The van der Waals surface area contributed by atoms with Gasteiger partial charge in [-0.05, 0) is 22.0 Å². The molecule has 1 aromatic heterocycles. The topological polar surface area (TPSA) is 37.4 Å². The van der Waals surface area contributed by atoms with E-state index in [4.69, 9.17) is 11.6 Å². The Kier molecular flexibility index (Phi) is 4.70. The molecule has 1 rings (SSSR count). The van der Waals surface area contributed by atoms with Gasteiger partial charge in [-0.15, -0.1) is 11.3 Å². The van der Waals surface area contributed by atoms with E-state index in [1.165, 1.54) is 6.07 Å². The van der Waals surface area contributed by atoms with E-state index in [2.05, 4.69) is 15.9 Å². The molecule has 16 heavy (non-hydrogen) atoms. The molecule has 0 atom stereocenters. The highest BCUT2D eigenvalue weighted by Crippen LogP contribution is 2.35. The van der Waals surface area contributed by atoms with E-state index < -0.39 is 23.0 Å². The van der Waals surface area contributed by atoms with Crippen molar-refractivity contribution in [3.05, 3.63) is 14.9 Å². The lowest BCUT2D eigenvalue weighted by Crippen LogP contribution is -2.30. The second kappa shape index (κ2) is 5.26. The summed E-state index contributed by atoms with van der Waals surface area (Å²) in [4.78, 5) is 0. The van der Waals surface area contributed by atoms with Crippen molar-refractivity contribution in [2.75, 3.05) is 13.6 Å². The molecule has 1 aromatic rings. The summed E-state index contributed by atoms with van der Waals surface area (Å²) in [6.45, 7) is -0.838. The molecule has 0 spiro atoms. The first-order valence-corrected chi connectivity index (χ1v) is 7.37. The number of alkyl halides is 2. The Morgan fingerprint density at radius 2 is 2.19 bits per heavy atom. The molecule has 0 N–H and O–H groups in total. The van der Waals surface area contributed by atoms with Crippen molar-refractivity contribution in [3.63, 3.8) is 0 Å². The zero-order valence-electron chi connectivity index (χ0n) is 7.95. The van der Waals surface area contributed by atoms with Crippen molar-refractivity contribution in [1.29, 1.82) is 0 Å². The molecule has 0 amide bonds. The summed E-state index contributed by atoms with van der Waals surface area (Å²) >= 11 is 9.63. The summed E-state index contributed by atoms with van der Waals surface area (Å²) in [7, 11) is -2.78. The number of rotatable bonds is 4. The van der Waals surface area contributed by atoms with Gasteiger partial charge in [-0.1, -0.05) is 11.6 Å². The molecule has 0 aromatic carbocycles. The van der Waals surface area contributed by atoms with Gasteiger partial charge in [0.2, 0.25) is 0 Å². The smallest absolute Gasteiger partial charge is 0.209 e. The van der Waals surface area contributed by atoms with Crippen LogP contribution in [0.2, 0.25) is 5.02 Å². The Morgan fingerprint density at radius 1 is 1.62 bits per heavy atom. The van der Waals surface area contributed by atoms with Crippen LogP contribution in [0.1, 0.15) is 0 Å². The second-order valence-electron chi connectivity index (χ2n) is 2.86. The van der Waals surface area contributed by atoms with Gasteiger partial charge in [-0.3, -0.25) is 0 Å². The normalized spacial score (nSPS) is 12.7. The van der Waals surface area contributed by atoms with E-state index in [9.17, 15) is 17.2 Å². The van der Waals surface area contributed by atoms with Crippen molar-refractivity contribution >= 4 is 48.9 Å². The fourth-order valence-corrected chi connectivity index (χ4v) is 4.66. The van der Waals surface area contributed by atoms with Crippen molar-refractivity contribution in [2.45, 2.75) is 10.6 Å². The maximum absolute atomic E-state index is 12.1. The molecular formula is C7H7BrClF2NO2S2. The summed E-state index contributed by atoms with van der Waals surface area (Å²) in [6.07, 6.45) is -2.71. The summed E-state index contributed by atoms with van der Waals surface area (Å²) in [5.41, 5.74) is 0. The third kappa shape index (κ3) is 3.13. The first-order chi connectivity index (χ1) is 7.25. The molecular weight excluding hydrogens is 348 g/mol. The van der Waals surface area contributed by atoms with Crippen LogP contribution in [-0.4, -0.2) is 32.7 Å². The molecule has 0 aliphatic carbocycles. The molecule has 3 nitrogen and oxygen atoms in total. The highest BCUT2D eigenvalue weighted by molar-refractivity contribution is 9.11. The van der Waals surface area contributed by atoms with E-state index in [0.29, 0.717) is 8.09 Å². The zero-order chi connectivity index (χ0) is 12.5. The van der Waals surface area contributed by atoms with Gasteiger partial charge in [0.25, 0.3) is 16.4 Å². The Hall–Kier alpha value is 0.240. The average Bonchev–Trinajstić information content (AvgIpc) is 2.46. The monoisotopic (exact) mass is 353 g/mol. The third-order valence-electron chi connectivity index (χ3n) is 1.68. The van der Waals surface area contributed by atoms with E-state index in [1.807, 2.05) is 0 Å². The predicted octanol–water partition coefficient (Wildman–Crippen LogP) is 3.05. The molecule has 0 saturated carbocycles. The highest BCUT2D eigenvalue weighted by Gasteiger charge is 2.26. The van der Waals surface area contributed by atoms with Gasteiger partial charge in [0.15, 0.2) is 0 Å². The molecule has 1 heterocycles. The largest absolute Gasteiger partial charge is 0.252 e. The standard InChI is InChI=1S/C7H7BrClF2NO2S2/c1-12(3-5(10)11)16(13,14)6-2-4(9)7(8)15-6/h2,5H,3H2,1H3. The van der Waals surface area contributed by atoms with Crippen LogP contribution >= 0.6 is 38.9 Å². The number of thiophene rings is 1. The molecule has 0 fully saturated rings. The maximum atomic E-state index is 12.1. The Balaban J connectivity index is 3.02. The van der Waals surface area contributed by atoms with Gasteiger partial charge in [-0.2, -0.15) is 4.31 Å². The predicted molar refractivity (Wildman–Crippen MR) is 62.8 cm³/mol. The van der Waals surface area contributed by atoms with Crippen LogP contribution in [0.4, 0.5) is 8.78 Å². The Morgan fingerprint density at radius 3 is 2.56 bits per heavy atom. The maximum Gasteiger partial charge on any atom is 0.252 e. The van der Waals surface area contributed by atoms with Crippen molar-refractivity contribution < 1.29 is 17.2 Å². The van der Waals surface area contributed by atoms with E-state index >= 15 is 0 Å². The van der Waals surface area contributed by atoms with Crippen LogP contribution in [0, 0.1) is 0 Å². The Bertz CT molecular complexity index is 457. The summed E-state index contributed by atoms with van der Waals surface area (Å²) in [5, 5.41) is 0.244. The van der Waals surface area contributed by atoms with Gasteiger partial charge in [-0.25, -0.2) is 17.2 Å². The van der Waals surface area contributed by atoms with Gasteiger partial charge in [0, 0.05) is 7.05 Å². The molecule has 0 unspecified atom stereocenters. The summed E-state index contributed by atoms with van der Waals surface area (Å²) in [5.74, 6) is 0. The van der Waals surface area contributed by atoms with Crippen LogP contribution in [0.3, 0.4) is 0 Å². The van der Waals surface area contributed by atoms with Crippen molar-refractivity contribution in [3.8, 4) is 0 Å². The number of hydrogen-bond donors (Lipinski definition) is 0. The van der Waals surface area contributed by atoms with Gasteiger partial charge in [0.1, 0.15) is 4.21 Å². The first-order valence-electron chi connectivity index (χ1n) is 3.94. The molecule has 0 saturated heterocycles. The third-order valence-corrected chi connectivity index (χ3v) is 6.43. The van der Waals surface area contributed by atoms with Crippen molar-refractivity contribution in [1.82, 2.24) is 4.31 Å². The van der Waals surface area contributed by atoms with Gasteiger partial charge < -0.3 is 0 Å². The fraction of sp³-hybridized carbons (Fsp3) is 0.429. The summed E-state index contributed by atoms with van der Waals surface area (Å²) < 4.78 is 48.7. The second-order valence-corrected chi connectivity index (χ2v) is 7.91. The quantitative estimate of drug-likeness (QED) is 0.833. The van der Waals surface area contributed by atoms with Crippen molar-refractivity contribution in [2.24, 2.45) is 0 Å². The van der Waals surface area contributed by atoms with Crippen LogP contribution in [0.5, 0.6) is 0 Å². The number of nitrogens with zero attached hydrogens (tertiary/aromatic N) is 1. The average molecular weight is 355 g/mol. The number of sulfonamides is 1. The minimum atomic E-state index is -3.88. The lowest BCUT2D eigenvalue weighted by Gasteiger charge is -2.14.